The number of furan rings is 1. The van der Waals surface area contributed by atoms with Crippen molar-refractivity contribution < 1.29 is 14.0 Å². The summed E-state index contributed by atoms with van der Waals surface area (Å²) >= 11 is 1.73. The van der Waals surface area contributed by atoms with Crippen LogP contribution in [0.5, 0.6) is 0 Å². The van der Waals surface area contributed by atoms with Crippen LogP contribution in [0.2, 0.25) is 0 Å². The Morgan fingerprint density at radius 1 is 1.16 bits per heavy atom. The minimum Gasteiger partial charge on any atom is -0.472 e. The lowest BCUT2D eigenvalue weighted by molar-refractivity contribution is 0.0534. The van der Waals surface area contributed by atoms with Gasteiger partial charge in [0.15, 0.2) is 0 Å². The molecule has 0 N–H and O–H groups in total. The smallest absolute Gasteiger partial charge is 0.257 e. The zero-order chi connectivity index (χ0) is 17.4. The summed E-state index contributed by atoms with van der Waals surface area (Å²) in [4.78, 5) is 30.4. The van der Waals surface area contributed by atoms with Crippen LogP contribution in [0.25, 0.3) is 0 Å². The molecule has 25 heavy (non-hydrogen) atoms. The van der Waals surface area contributed by atoms with Crippen LogP contribution in [0.3, 0.4) is 0 Å². The molecule has 1 aliphatic carbocycles. The minimum atomic E-state index is -0.0252. The molecule has 0 radical (unpaired) electrons. The number of nitrogens with zero attached hydrogens (tertiary/aromatic N) is 2. The zero-order valence-electron chi connectivity index (χ0n) is 14.4. The minimum absolute atomic E-state index is 0.0252. The first-order valence-electron chi connectivity index (χ1n) is 8.83. The third-order valence-electron chi connectivity index (χ3n) is 5.25. The van der Waals surface area contributed by atoms with Gasteiger partial charge in [-0.2, -0.15) is 0 Å². The van der Waals surface area contributed by atoms with Crippen molar-refractivity contribution >= 4 is 23.2 Å². The summed E-state index contributed by atoms with van der Waals surface area (Å²) in [6.07, 6.45) is 6.25. The average molecular weight is 358 g/mol. The van der Waals surface area contributed by atoms with E-state index in [1.54, 1.807) is 22.3 Å². The van der Waals surface area contributed by atoms with E-state index in [1.165, 1.54) is 23.0 Å². The molecule has 2 amide bonds. The molecular weight excluding hydrogens is 336 g/mol. The molecular formula is C19H22N2O3S. The van der Waals surface area contributed by atoms with Crippen molar-refractivity contribution in [3.05, 3.63) is 45.5 Å². The van der Waals surface area contributed by atoms with Gasteiger partial charge in [0.05, 0.1) is 17.4 Å². The third kappa shape index (κ3) is 3.11. The van der Waals surface area contributed by atoms with E-state index in [4.69, 9.17) is 4.42 Å². The average Bonchev–Trinajstić information content (AvgIpc) is 3.30. The van der Waals surface area contributed by atoms with Gasteiger partial charge in [0, 0.05) is 36.4 Å². The molecule has 1 saturated heterocycles. The number of piperazine rings is 1. The maximum atomic E-state index is 12.9. The van der Waals surface area contributed by atoms with Crippen LogP contribution in [0.4, 0.5) is 0 Å². The van der Waals surface area contributed by atoms with Gasteiger partial charge in [-0.25, -0.2) is 0 Å². The van der Waals surface area contributed by atoms with E-state index in [0.717, 1.165) is 24.8 Å². The van der Waals surface area contributed by atoms with Crippen molar-refractivity contribution in [1.82, 2.24) is 9.80 Å². The maximum Gasteiger partial charge on any atom is 0.257 e. The summed E-state index contributed by atoms with van der Waals surface area (Å²) in [5.41, 5.74) is 2.73. The summed E-state index contributed by atoms with van der Waals surface area (Å²) in [5, 5.41) is 2.04. The Morgan fingerprint density at radius 2 is 1.88 bits per heavy atom. The van der Waals surface area contributed by atoms with Gasteiger partial charge in [0.2, 0.25) is 0 Å². The second-order valence-corrected chi connectivity index (χ2v) is 7.96. The molecule has 4 rings (SSSR count). The number of rotatable bonds is 2. The highest BCUT2D eigenvalue weighted by atomic mass is 32.1. The highest BCUT2D eigenvalue weighted by molar-refractivity contribution is 7.10. The topological polar surface area (TPSA) is 53.8 Å². The standard InChI is InChI=1S/C19H22N2O3S/c1-13-2-3-15-16(12-25-17(15)10-13)19(23)21-7-5-20(6-8-21)18(22)14-4-9-24-11-14/h4,9,11-13H,2-3,5-8,10H2,1H3. The molecule has 0 bridgehead atoms. The normalized spacial score (nSPS) is 20.4. The van der Waals surface area contributed by atoms with E-state index in [-0.39, 0.29) is 11.8 Å². The predicted molar refractivity (Wildman–Crippen MR) is 96.0 cm³/mol. The van der Waals surface area contributed by atoms with Gasteiger partial charge in [-0.05, 0) is 36.8 Å². The van der Waals surface area contributed by atoms with Crippen molar-refractivity contribution in [3.8, 4) is 0 Å². The number of hydrogen-bond acceptors (Lipinski definition) is 4. The largest absolute Gasteiger partial charge is 0.472 e. The van der Waals surface area contributed by atoms with E-state index in [9.17, 15) is 9.59 Å². The molecule has 6 heteroatoms. The van der Waals surface area contributed by atoms with Crippen molar-refractivity contribution in [2.24, 2.45) is 5.92 Å². The van der Waals surface area contributed by atoms with Crippen LogP contribution in [0.1, 0.15) is 44.5 Å². The Labute approximate surface area is 151 Å². The monoisotopic (exact) mass is 358 g/mol. The first kappa shape index (κ1) is 16.4. The summed E-state index contributed by atoms with van der Waals surface area (Å²) in [6.45, 7) is 4.59. The van der Waals surface area contributed by atoms with E-state index in [2.05, 4.69) is 6.92 Å². The fraction of sp³-hybridized carbons (Fsp3) is 0.474. The molecule has 1 unspecified atom stereocenters. The van der Waals surface area contributed by atoms with E-state index < -0.39 is 0 Å². The van der Waals surface area contributed by atoms with Crippen molar-refractivity contribution in [3.63, 3.8) is 0 Å². The predicted octanol–water partition coefficient (Wildman–Crippen LogP) is 3.06. The lowest BCUT2D eigenvalue weighted by Crippen LogP contribution is -2.50. The zero-order valence-corrected chi connectivity index (χ0v) is 15.2. The van der Waals surface area contributed by atoms with Crippen LogP contribution in [0, 0.1) is 5.92 Å². The van der Waals surface area contributed by atoms with E-state index in [0.29, 0.717) is 37.7 Å². The van der Waals surface area contributed by atoms with Crippen molar-refractivity contribution in [1.29, 1.82) is 0 Å². The third-order valence-corrected chi connectivity index (χ3v) is 6.31. The van der Waals surface area contributed by atoms with Crippen LogP contribution in [0.15, 0.2) is 28.4 Å². The van der Waals surface area contributed by atoms with Gasteiger partial charge in [0.1, 0.15) is 6.26 Å². The van der Waals surface area contributed by atoms with Crippen LogP contribution < -0.4 is 0 Å². The van der Waals surface area contributed by atoms with Gasteiger partial charge in [-0.1, -0.05) is 6.92 Å². The summed E-state index contributed by atoms with van der Waals surface area (Å²) in [7, 11) is 0. The number of amides is 2. The maximum absolute atomic E-state index is 12.9. The molecule has 2 aliphatic rings. The summed E-state index contributed by atoms with van der Waals surface area (Å²) in [6, 6.07) is 1.68. The Bertz CT molecular complexity index is 773. The van der Waals surface area contributed by atoms with Gasteiger partial charge in [0.25, 0.3) is 11.8 Å². The number of fused-ring (bicyclic) bond motifs is 1. The molecule has 1 atom stereocenters. The molecule has 0 spiro atoms. The second-order valence-electron chi connectivity index (χ2n) is 7.00. The summed E-state index contributed by atoms with van der Waals surface area (Å²) < 4.78 is 4.98. The van der Waals surface area contributed by atoms with Gasteiger partial charge in [-0.3, -0.25) is 9.59 Å². The van der Waals surface area contributed by atoms with Crippen LogP contribution in [-0.4, -0.2) is 47.8 Å². The fourth-order valence-corrected chi connectivity index (χ4v) is 4.95. The Balaban J connectivity index is 1.41. The van der Waals surface area contributed by atoms with Crippen molar-refractivity contribution in [2.45, 2.75) is 26.2 Å². The molecule has 2 aromatic heterocycles. The molecule has 1 aliphatic heterocycles. The van der Waals surface area contributed by atoms with Crippen LogP contribution >= 0.6 is 11.3 Å². The molecule has 5 nitrogen and oxygen atoms in total. The first-order valence-corrected chi connectivity index (χ1v) is 9.71. The summed E-state index contributed by atoms with van der Waals surface area (Å²) in [5.74, 6) is 0.816. The highest BCUT2D eigenvalue weighted by Gasteiger charge is 2.29. The molecule has 1 fully saturated rings. The fourth-order valence-electron chi connectivity index (χ4n) is 3.71. The van der Waals surface area contributed by atoms with Crippen LogP contribution in [-0.2, 0) is 12.8 Å². The first-order chi connectivity index (χ1) is 12.1. The van der Waals surface area contributed by atoms with Crippen molar-refractivity contribution in [2.75, 3.05) is 26.2 Å². The SMILES string of the molecule is CC1CCc2c(C(=O)N3CCN(C(=O)c4ccoc4)CC3)csc2C1. The molecule has 132 valence electrons. The van der Waals surface area contributed by atoms with E-state index >= 15 is 0 Å². The molecule has 3 heterocycles. The number of carbonyl (C=O) groups is 2. The Morgan fingerprint density at radius 3 is 2.56 bits per heavy atom. The van der Waals surface area contributed by atoms with Gasteiger partial charge < -0.3 is 14.2 Å². The number of carbonyl (C=O) groups excluding carboxylic acids is 2. The second kappa shape index (κ2) is 6.67. The lowest BCUT2D eigenvalue weighted by atomic mass is 9.88. The molecule has 2 aromatic rings. The molecule has 0 aromatic carbocycles. The molecule has 0 saturated carbocycles. The highest BCUT2D eigenvalue weighted by Crippen LogP contribution is 2.33. The Kier molecular flexibility index (Phi) is 4.37. The van der Waals surface area contributed by atoms with E-state index in [1.807, 2.05) is 10.3 Å². The number of thiophene rings is 1. The number of hydrogen-bond donors (Lipinski definition) is 0. The van der Waals surface area contributed by atoms with Gasteiger partial charge in [-0.15, -0.1) is 11.3 Å². The quantitative estimate of drug-likeness (QED) is 0.829. The Hall–Kier alpha value is -2.08. The van der Waals surface area contributed by atoms with Gasteiger partial charge >= 0.3 is 0 Å². The lowest BCUT2D eigenvalue weighted by Gasteiger charge is -2.34.